The molecule has 0 rings (SSSR count). The predicted molar refractivity (Wildman–Crippen MR) is 57.5 cm³/mol. The molecule has 2 heteroatoms. The maximum Gasteiger partial charge on any atom is 0.105 e. The van der Waals surface area contributed by atoms with E-state index in [4.69, 9.17) is 10.5 Å². The second kappa shape index (κ2) is 8.52. The lowest BCUT2D eigenvalue weighted by Crippen LogP contribution is -2.23. The summed E-state index contributed by atoms with van der Waals surface area (Å²) in [6.45, 7) is 7.36. The molecule has 2 unspecified atom stereocenters. The fourth-order valence-electron chi connectivity index (χ4n) is 1.46. The highest BCUT2D eigenvalue weighted by Crippen LogP contribution is 2.15. The predicted octanol–water partition coefficient (Wildman–Crippen LogP) is 2.91. The molecule has 80 valence electrons. The second-order valence-electron chi connectivity index (χ2n) is 3.67. The van der Waals surface area contributed by atoms with Gasteiger partial charge in [-0.1, -0.05) is 40.0 Å². The summed E-state index contributed by atoms with van der Waals surface area (Å²) in [5, 5.41) is 0. The molecule has 0 amide bonds. The number of ether oxygens (including phenoxy) is 1. The van der Waals surface area contributed by atoms with Gasteiger partial charge >= 0.3 is 0 Å². The molecule has 0 aliphatic rings. The van der Waals surface area contributed by atoms with Gasteiger partial charge < -0.3 is 10.5 Å². The van der Waals surface area contributed by atoms with Crippen molar-refractivity contribution in [2.24, 2.45) is 11.7 Å². The summed E-state index contributed by atoms with van der Waals surface area (Å²) < 4.78 is 5.45. The van der Waals surface area contributed by atoms with Crippen LogP contribution in [0.3, 0.4) is 0 Å². The van der Waals surface area contributed by atoms with E-state index >= 15 is 0 Å². The van der Waals surface area contributed by atoms with Gasteiger partial charge in [0.25, 0.3) is 0 Å². The van der Waals surface area contributed by atoms with Gasteiger partial charge in [-0.05, 0) is 18.8 Å². The summed E-state index contributed by atoms with van der Waals surface area (Å²) in [6, 6.07) is 0. The van der Waals surface area contributed by atoms with E-state index in [-0.39, 0.29) is 6.23 Å². The molecule has 0 aromatic heterocycles. The van der Waals surface area contributed by atoms with E-state index in [1.54, 1.807) is 0 Å². The molecule has 0 aromatic rings. The average Bonchev–Trinajstić information content (AvgIpc) is 2.16. The summed E-state index contributed by atoms with van der Waals surface area (Å²) in [4.78, 5) is 0. The van der Waals surface area contributed by atoms with Crippen molar-refractivity contribution in [1.29, 1.82) is 0 Å². The van der Waals surface area contributed by atoms with Crippen molar-refractivity contribution in [2.45, 2.75) is 59.1 Å². The lowest BCUT2D eigenvalue weighted by atomic mass is 9.98. The molecule has 0 radical (unpaired) electrons. The minimum Gasteiger partial charge on any atom is -0.364 e. The molecule has 0 aliphatic carbocycles. The van der Waals surface area contributed by atoms with Gasteiger partial charge in [-0.25, -0.2) is 0 Å². The van der Waals surface area contributed by atoms with Crippen molar-refractivity contribution in [3.05, 3.63) is 0 Å². The van der Waals surface area contributed by atoms with Crippen LogP contribution < -0.4 is 5.73 Å². The first-order valence-corrected chi connectivity index (χ1v) is 5.61. The number of hydrogen-bond donors (Lipinski definition) is 1. The maximum absolute atomic E-state index is 5.65. The summed E-state index contributed by atoms with van der Waals surface area (Å²) >= 11 is 0. The van der Waals surface area contributed by atoms with Crippen LogP contribution in [0, 0.1) is 5.92 Å². The normalized spacial score (nSPS) is 15.7. The fraction of sp³-hybridized carbons (Fsp3) is 1.00. The highest BCUT2D eigenvalue weighted by molar-refractivity contribution is 4.56. The van der Waals surface area contributed by atoms with Crippen LogP contribution >= 0.6 is 0 Å². The van der Waals surface area contributed by atoms with Crippen LogP contribution in [0.5, 0.6) is 0 Å². The molecule has 13 heavy (non-hydrogen) atoms. The van der Waals surface area contributed by atoms with E-state index in [9.17, 15) is 0 Å². The van der Waals surface area contributed by atoms with Gasteiger partial charge in [-0.3, -0.25) is 0 Å². The Labute approximate surface area is 82.8 Å². The zero-order valence-corrected chi connectivity index (χ0v) is 9.38. The Balaban J connectivity index is 3.37. The Bertz CT molecular complexity index is 106. The molecular weight excluding hydrogens is 162 g/mol. The van der Waals surface area contributed by atoms with Gasteiger partial charge in [0.15, 0.2) is 0 Å². The Kier molecular flexibility index (Phi) is 8.46. The molecule has 0 aliphatic heterocycles. The summed E-state index contributed by atoms with van der Waals surface area (Å²) in [5.74, 6) is 0.828. The molecule has 2 atom stereocenters. The van der Waals surface area contributed by atoms with Crippen LogP contribution in [0.1, 0.15) is 52.9 Å². The van der Waals surface area contributed by atoms with E-state index in [0.29, 0.717) is 0 Å². The highest BCUT2D eigenvalue weighted by atomic mass is 16.5. The molecule has 2 nitrogen and oxygen atoms in total. The molecule has 2 N–H and O–H groups in total. The molecule has 0 fully saturated rings. The number of hydrogen-bond acceptors (Lipinski definition) is 2. The standard InChI is InChI=1S/C11H25NO/c1-4-7-10(5-2)8-9-13-11(12)6-3/h10-11H,4-9,12H2,1-3H3. The van der Waals surface area contributed by atoms with Crippen LogP contribution in [0.15, 0.2) is 0 Å². The molecule has 0 heterocycles. The Morgan fingerprint density at radius 2 is 1.77 bits per heavy atom. The molecular formula is C11H25NO. The second-order valence-corrected chi connectivity index (χ2v) is 3.67. The minimum atomic E-state index is -0.0564. The van der Waals surface area contributed by atoms with Crippen LogP contribution in [0.25, 0.3) is 0 Å². The average molecular weight is 187 g/mol. The summed E-state index contributed by atoms with van der Waals surface area (Å²) in [6.07, 6.45) is 5.87. The first-order valence-electron chi connectivity index (χ1n) is 5.61. The fourth-order valence-corrected chi connectivity index (χ4v) is 1.46. The smallest absolute Gasteiger partial charge is 0.105 e. The SMILES string of the molecule is CCCC(CC)CCOC(N)CC. The van der Waals surface area contributed by atoms with Crippen LogP contribution in [0.2, 0.25) is 0 Å². The number of nitrogens with two attached hydrogens (primary N) is 1. The zero-order chi connectivity index (χ0) is 10.1. The van der Waals surface area contributed by atoms with Crippen molar-refractivity contribution in [2.75, 3.05) is 6.61 Å². The molecule has 0 saturated heterocycles. The maximum atomic E-state index is 5.65. The lowest BCUT2D eigenvalue weighted by Gasteiger charge is -2.15. The first kappa shape index (κ1) is 12.9. The van der Waals surface area contributed by atoms with E-state index < -0.39 is 0 Å². The van der Waals surface area contributed by atoms with Crippen molar-refractivity contribution < 1.29 is 4.74 Å². The van der Waals surface area contributed by atoms with Gasteiger partial charge in [-0.15, -0.1) is 0 Å². The first-order chi connectivity index (χ1) is 6.24. The largest absolute Gasteiger partial charge is 0.364 e. The Morgan fingerprint density at radius 3 is 2.23 bits per heavy atom. The van der Waals surface area contributed by atoms with Gasteiger partial charge in [0.2, 0.25) is 0 Å². The lowest BCUT2D eigenvalue weighted by molar-refractivity contribution is 0.0454. The summed E-state index contributed by atoms with van der Waals surface area (Å²) in [5.41, 5.74) is 5.65. The third-order valence-corrected chi connectivity index (χ3v) is 2.53. The van der Waals surface area contributed by atoms with Crippen LogP contribution in [-0.4, -0.2) is 12.8 Å². The monoisotopic (exact) mass is 187 g/mol. The molecule has 0 saturated carbocycles. The summed E-state index contributed by atoms with van der Waals surface area (Å²) in [7, 11) is 0. The molecule has 0 spiro atoms. The van der Waals surface area contributed by atoms with Gasteiger partial charge in [0.1, 0.15) is 6.23 Å². The van der Waals surface area contributed by atoms with Crippen molar-refractivity contribution >= 4 is 0 Å². The van der Waals surface area contributed by atoms with E-state index in [1.165, 1.54) is 19.3 Å². The van der Waals surface area contributed by atoms with Gasteiger partial charge in [0, 0.05) is 6.61 Å². The third-order valence-electron chi connectivity index (χ3n) is 2.53. The van der Waals surface area contributed by atoms with E-state index in [0.717, 1.165) is 25.4 Å². The van der Waals surface area contributed by atoms with Crippen molar-refractivity contribution in [3.63, 3.8) is 0 Å². The van der Waals surface area contributed by atoms with Crippen LogP contribution in [0.4, 0.5) is 0 Å². The molecule has 0 bridgehead atoms. The highest BCUT2D eigenvalue weighted by Gasteiger charge is 2.05. The topological polar surface area (TPSA) is 35.2 Å². The van der Waals surface area contributed by atoms with Gasteiger partial charge in [-0.2, -0.15) is 0 Å². The Hall–Kier alpha value is -0.0800. The van der Waals surface area contributed by atoms with Crippen molar-refractivity contribution in [1.82, 2.24) is 0 Å². The Morgan fingerprint density at radius 1 is 1.08 bits per heavy atom. The number of rotatable bonds is 8. The quantitative estimate of drug-likeness (QED) is 0.593. The minimum absolute atomic E-state index is 0.0564. The van der Waals surface area contributed by atoms with Gasteiger partial charge in [0.05, 0.1) is 0 Å². The zero-order valence-electron chi connectivity index (χ0n) is 9.38. The molecule has 0 aromatic carbocycles. The van der Waals surface area contributed by atoms with E-state index in [2.05, 4.69) is 13.8 Å². The third kappa shape index (κ3) is 7.03. The van der Waals surface area contributed by atoms with Crippen molar-refractivity contribution in [3.8, 4) is 0 Å². The van der Waals surface area contributed by atoms with Crippen LogP contribution in [-0.2, 0) is 4.74 Å². The van der Waals surface area contributed by atoms with E-state index in [1.807, 2.05) is 6.92 Å².